The van der Waals surface area contributed by atoms with E-state index in [0.29, 0.717) is 18.4 Å². The maximum absolute atomic E-state index is 14.4. The Bertz CT molecular complexity index is 828. The van der Waals surface area contributed by atoms with Crippen LogP contribution < -0.4 is 0 Å². The van der Waals surface area contributed by atoms with Crippen molar-refractivity contribution >= 4 is 5.57 Å². The van der Waals surface area contributed by atoms with Gasteiger partial charge in [-0.25, -0.2) is 8.78 Å². The summed E-state index contributed by atoms with van der Waals surface area (Å²) in [4.78, 5) is 0. The van der Waals surface area contributed by atoms with Crippen LogP contribution >= 0.6 is 0 Å². The van der Waals surface area contributed by atoms with E-state index in [4.69, 9.17) is 5.26 Å². The Kier molecular flexibility index (Phi) is 4.25. The molecule has 0 heterocycles. The van der Waals surface area contributed by atoms with Gasteiger partial charge in [-0.05, 0) is 59.7 Å². The zero-order chi connectivity index (χ0) is 16.4. The van der Waals surface area contributed by atoms with Gasteiger partial charge in [-0.1, -0.05) is 31.6 Å². The lowest BCUT2D eigenvalue weighted by Gasteiger charge is -2.18. The number of allylic oxidation sites excluding steroid dienone is 2. The van der Waals surface area contributed by atoms with Gasteiger partial charge in [0, 0.05) is 5.56 Å². The summed E-state index contributed by atoms with van der Waals surface area (Å²) in [5.74, 6) is -0.731. The Balaban J connectivity index is 1.92. The van der Waals surface area contributed by atoms with Crippen molar-refractivity contribution in [1.29, 1.82) is 5.26 Å². The summed E-state index contributed by atoms with van der Waals surface area (Å²) < 4.78 is 28.2. The molecule has 0 aliphatic heterocycles. The third-order valence-corrected chi connectivity index (χ3v) is 4.28. The normalized spacial score (nSPS) is 13.2. The van der Waals surface area contributed by atoms with Crippen LogP contribution in [0.2, 0.25) is 0 Å². The fourth-order valence-corrected chi connectivity index (χ4v) is 3.08. The third kappa shape index (κ3) is 3.03. The smallest absolute Gasteiger partial charge is 0.141 e. The molecule has 0 saturated heterocycles. The van der Waals surface area contributed by atoms with Crippen LogP contribution in [0.4, 0.5) is 8.78 Å². The summed E-state index contributed by atoms with van der Waals surface area (Å²) in [7, 11) is 0. The van der Waals surface area contributed by atoms with Gasteiger partial charge in [0.05, 0.1) is 5.56 Å². The number of hydrogen-bond donors (Lipinski definition) is 0. The molecule has 0 radical (unpaired) electrons. The number of hydrogen-bond acceptors (Lipinski definition) is 1. The summed E-state index contributed by atoms with van der Waals surface area (Å²) in [5, 5.41) is 8.90. The van der Waals surface area contributed by atoms with Gasteiger partial charge in [0.15, 0.2) is 0 Å². The molecule has 0 spiro atoms. The average molecular weight is 309 g/mol. The Morgan fingerprint density at radius 2 is 1.91 bits per heavy atom. The molecule has 0 unspecified atom stereocenters. The van der Waals surface area contributed by atoms with E-state index in [9.17, 15) is 8.78 Å². The zero-order valence-electron chi connectivity index (χ0n) is 13.0. The molecule has 0 saturated carbocycles. The number of aryl methyl sites for hydroxylation is 1. The fourth-order valence-electron chi connectivity index (χ4n) is 3.08. The molecule has 2 aromatic rings. The first-order valence-electron chi connectivity index (χ1n) is 7.81. The highest BCUT2D eigenvalue weighted by atomic mass is 19.1. The van der Waals surface area contributed by atoms with Gasteiger partial charge < -0.3 is 0 Å². The summed E-state index contributed by atoms with van der Waals surface area (Å²) in [6.07, 6.45) is 4.90. The number of halogens is 2. The monoisotopic (exact) mass is 309 g/mol. The molecular weight excluding hydrogens is 292 g/mol. The van der Waals surface area contributed by atoms with E-state index in [1.165, 1.54) is 6.07 Å². The SMILES string of the molecule is CCCc1ccc(C2=CCc3cc(C#N)c(F)cc3C2)c(F)c1. The van der Waals surface area contributed by atoms with Gasteiger partial charge in [0.1, 0.15) is 17.7 Å². The molecule has 3 rings (SSSR count). The maximum atomic E-state index is 14.4. The Labute approximate surface area is 134 Å². The molecule has 1 aliphatic carbocycles. The van der Waals surface area contributed by atoms with Crippen molar-refractivity contribution in [3.8, 4) is 6.07 Å². The van der Waals surface area contributed by atoms with E-state index in [-0.39, 0.29) is 11.4 Å². The topological polar surface area (TPSA) is 23.8 Å². The van der Waals surface area contributed by atoms with E-state index in [2.05, 4.69) is 6.92 Å². The van der Waals surface area contributed by atoms with Gasteiger partial charge in [-0.2, -0.15) is 5.26 Å². The highest BCUT2D eigenvalue weighted by Gasteiger charge is 2.18. The van der Waals surface area contributed by atoms with Gasteiger partial charge in [-0.15, -0.1) is 0 Å². The first-order chi connectivity index (χ1) is 11.1. The van der Waals surface area contributed by atoms with Crippen molar-refractivity contribution in [3.63, 3.8) is 0 Å². The second kappa shape index (κ2) is 6.34. The van der Waals surface area contributed by atoms with E-state index in [0.717, 1.165) is 35.1 Å². The molecule has 116 valence electrons. The number of rotatable bonds is 3. The van der Waals surface area contributed by atoms with Crippen molar-refractivity contribution in [2.45, 2.75) is 32.6 Å². The molecule has 0 fully saturated rings. The van der Waals surface area contributed by atoms with Crippen molar-refractivity contribution in [2.24, 2.45) is 0 Å². The number of fused-ring (bicyclic) bond motifs is 1. The van der Waals surface area contributed by atoms with Crippen LogP contribution in [0.25, 0.3) is 5.57 Å². The number of benzene rings is 2. The van der Waals surface area contributed by atoms with E-state index in [1.54, 1.807) is 12.1 Å². The summed E-state index contributed by atoms with van der Waals surface area (Å²) in [6.45, 7) is 2.07. The maximum Gasteiger partial charge on any atom is 0.141 e. The van der Waals surface area contributed by atoms with E-state index >= 15 is 0 Å². The minimum atomic E-state index is -0.508. The predicted octanol–water partition coefficient (Wildman–Crippen LogP) is 4.97. The second-order valence-corrected chi connectivity index (χ2v) is 5.89. The standard InChI is InChI=1S/C20H17F2N/c1-2-3-13-4-7-18(20(22)8-13)15-6-5-14-9-17(12-23)19(21)11-16(14)10-15/h4,6-9,11H,2-3,5,10H2,1H3. The lowest BCUT2D eigenvalue weighted by atomic mass is 9.86. The average Bonchev–Trinajstić information content (AvgIpc) is 2.54. The lowest BCUT2D eigenvalue weighted by Crippen LogP contribution is -2.06. The molecule has 0 bridgehead atoms. The minimum Gasteiger partial charge on any atom is -0.206 e. The van der Waals surface area contributed by atoms with Crippen molar-refractivity contribution in [1.82, 2.24) is 0 Å². The van der Waals surface area contributed by atoms with Crippen molar-refractivity contribution < 1.29 is 8.78 Å². The summed E-state index contributed by atoms with van der Waals surface area (Å²) >= 11 is 0. The number of nitriles is 1. The van der Waals surface area contributed by atoms with Gasteiger partial charge in [0.2, 0.25) is 0 Å². The van der Waals surface area contributed by atoms with Crippen LogP contribution in [0, 0.1) is 23.0 Å². The molecule has 2 aromatic carbocycles. The Hall–Kier alpha value is -2.47. The highest BCUT2D eigenvalue weighted by Crippen LogP contribution is 2.31. The first kappa shape index (κ1) is 15.4. The number of nitrogens with zero attached hydrogens (tertiary/aromatic N) is 1. The zero-order valence-corrected chi connectivity index (χ0v) is 13.0. The Morgan fingerprint density at radius 3 is 2.61 bits per heavy atom. The molecular formula is C20H17F2N. The largest absolute Gasteiger partial charge is 0.206 e. The molecule has 0 atom stereocenters. The van der Waals surface area contributed by atoms with Crippen molar-refractivity contribution in [3.05, 3.63) is 75.9 Å². The second-order valence-electron chi connectivity index (χ2n) is 5.89. The highest BCUT2D eigenvalue weighted by molar-refractivity contribution is 5.71. The van der Waals surface area contributed by atoms with Crippen LogP contribution in [-0.4, -0.2) is 0 Å². The van der Waals surface area contributed by atoms with Crippen LogP contribution in [-0.2, 0) is 19.3 Å². The molecule has 0 amide bonds. The van der Waals surface area contributed by atoms with E-state index in [1.807, 2.05) is 24.3 Å². The Morgan fingerprint density at radius 1 is 1.09 bits per heavy atom. The minimum absolute atomic E-state index is 0.0655. The lowest BCUT2D eigenvalue weighted by molar-refractivity contribution is 0.618. The predicted molar refractivity (Wildman–Crippen MR) is 86.9 cm³/mol. The molecule has 1 aliphatic rings. The molecule has 0 aromatic heterocycles. The van der Waals surface area contributed by atoms with Gasteiger partial charge >= 0.3 is 0 Å². The fraction of sp³-hybridized carbons (Fsp3) is 0.250. The summed E-state index contributed by atoms with van der Waals surface area (Å²) in [6, 6.07) is 10.2. The molecule has 23 heavy (non-hydrogen) atoms. The van der Waals surface area contributed by atoms with Crippen LogP contribution in [0.1, 0.15) is 41.2 Å². The third-order valence-electron chi connectivity index (χ3n) is 4.28. The van der Waals surface area contributed by atoms with Crippen LogP contribution in [0.15, 0.2) is 36.4 Å². The van der Waals surface area contributed by atoms with Crippen LogP contribution in [0.3, 0.4) is 0 Å². The quantitative estimate of drug-likeness (QED) is 0.785. The summed E-state index contributed by atoms with van der Waals surface area (Å²) in [5.41, 5.74) is 4.29. The van der Waals surface area contributed by atoms with E-state index < -0.39 is 5.82 Å². The molecule has 3 heteroatoms. The van der Waals surface area contributed by atoms with Gasteiger partial charge in [-0.3, -0.25) is 0 Å². The van der Waals surface area contributed by atoms with Crippen LogP contribution in [0.5, 0.6) is 0 Å². The van der Waals surface area contributed by atoms with Gasteiger partial charge in [0.25, 0.3) is 0 Å². The molecule has 0 N–H and O–H groups in total. The molecule has 1 nitrogen and oxygen atoms in total. The van der Waals surface area contributed by atoms with Crippen molar-refractivity contribution in [2.75, 3.05) is 0 Å². The first-order valence-corrected chi connectivity index (χ1v) is 7.81.